The summed E-state index contributed by atoms with van der Waals surface area (Å²) in [4.78, 5) is 38.9. The van der Waals surface area contributed by atoms with Crippen LogP contribution >= 0.6 is 0 Å². The lowest BCUT2D eigenvalue weighted by atomic mass is 9.73. The van der Waals surface area contributed by atoms with Crippen LogP contribution in [-0.2, 0) is 25.5 Å². The average Bonchev–Trinajstić information content (AvgIpc) is 2.97. The van der Waals surface area contributed by atoms with Crippen molar-refractivity contribution < 1.29 is 43.9 Å². The molecule has 1 saturated heterocycles. The topological polar surface area (TPSA) is 172 Å². The number of carboxylic acid groups (broad SMARTS) is 2. The molecule has 0 aromatic heterocycles. The number of aliphatic hydroxyl groups is 1. The third-order valence-corrected chi connectivity index (χ3v) is 8.95. The van der Waals surface area contributed by atoms with Crippen molar-refractivity contribution in [3.63, 3.8) is 0 Å². The van der Waals surface area contributed by atoms with Gasteiger partial charge in [0.15, 0.2) is 11.5 Å². The van der Waals surface area contributed by atoms with E-state index in [1.54, 1.807) is 28.1 Å². The molecule has 2 rings (SSSR count). The third kappa shape index (κ3) is 12.1. The lowest BCUT2D eigenvalue weighted by Crippen LogP contribution is -2.53. The molecule has 256 valence electrons. The number of carbonyl (C=O) groups excluding carboxylic acids is 1. The minimum absolute atomic E-state index is 0.142. The number of carboxylic acids is 2. The predicted molar refractivity (Wildman–Crippen MR) is 170 cm³/mol. The SMILES string of the molecule is COCCCOc1cc(C[C@@H](C[C@H](N)[C@@H](O)CN2CCC[C@H](C(C)(C)C(=O)N(CC(=O)O)CC(=O)O)C2)C(C)C)ccc1OC. The number of β-amino-alcohol motifs (C(OH)–C–C–N with tert-alkyl or cyclic N) is 1. The molecule has 12 heteroatoms. The maximum Gasteiger partial charge on any atom is 0.323 e. The normalized spacial score (nSPS) is 17.8. The highest BCUT2D eigenvalue weighted by Crippen LogP contribution is 2.36. The summed E-state index contributed by atoms with van der Waals surface area (Å²) in [6, 6.07) is 5.49. The van der Waals surface area contributed by atoms with Crippen molar-refractivity contribution in [1.29, 1.82) is 0 Å². The van der Waals surface area contributed by atoms with Gasteiger partial charge in [0, 0.05) is 44.7 Å². The summed E-state index contributed by atoms with van der Waals surface area (Å²) in [5.74, 6) is -1.28. The number of hydrogen-bond donors (Lipinski definition) is 4. The molecule has 1 amide bonds. The first kappa shape index (κ1) is 38.3. The Morgan fingerprint density at radius 1 is 1.09 bits per heavy atom. The van der Waals surface area contributed by atoms with Crippen molar-refractivity contribution in [2.75, 3.05) is 60.2 Å². The summed E-state index contributed by atoms with van der Waals surface area (Å²) in [6.07, 6.45) is 2.90. The number of amides is 1. The first-order valence-electron chi connectivity index (χ1n) is 15.9. The quantitative estimate of drug-likeness (QED) is 0.155. The Bertz CT molecular complexity index is 1080. The number of likely N-dealkylation sites (tertiary alicyclic amines) is 1. The summed E-state index contributed by atoms with van der Waals surface area (Å²) in [5.41, 5.74) is 6.71. The molecule has 0 saturated carbocycles. The number of ether oxygens (including phenoxy) is 3. The van der Waals surface area contributed by atoms with Gasteiger partial charge < -0.3 is 45.1 Å². The molecule has 0 bridgehead atoms. The predicted octanol–water partition coefficient (Wildman–Crippen LogP) is 2.74. The van der Waals surface area contributed by atoms with E-state index in [1.807, 2.05) is 18.2 Å². The molecule has 0 aliphatic carbocycles. The molecule has 1 fully saturated rings. The zero-order valence-electron chi connectivity index (χ0n) is 27.9. The number of rotatable bonds is 20. The van der Waals surface area contributed by atoms with E-state index in [4.69, 9.17) is 19.9 Å². The van der Waals surface area contributed by atoms with Crippen LogP contribution in [0.3, 0.4) is 0 Å². The summed E-state index contributed by atoms with van der Waals surface area (Å²) < 4.78 is 16.5. The molecule has 1 aromatic rings. The first-order valence-corrected chi connectivity index (χ1v) is 15.9. The van der Waals surface area contributed by atoms with Crippen LogP contribution in [0.4, 0.5) is 0 Å². The summed E-state index contributed by atoms with van der Waals surface area (Å²) >= 11 is 0. The molecule has 1 aliphatic rings. The van der Waals surface area contributed by atoms with Crippen molar-refractivity contribution in [2.24, 2.45) is 28.9 Å². The molecular weight excluding hydrogens is 582 g/mol. The number of nitrogens with two attached hydrogens (primary N) is 1. The fourth-order valence-corrected chi connectivity index (χ4v) is 6.07. The second kappa shape index (κ2) is 18.3. The van der Waals surface area contributed by atoms with Gasteiger partial charge in [0.1, 0.15) is 13.1 Å². The fourth-order valence-electron chi connectivity index (χ4n) is 6.07. The second-order valence-corrected chi connectivity index (χ2v) is 13.1. The molecule has 1 heterocycles. The van der Waals surface area contributed by atoms with Crippen LogP contribution in [0.5, 0.6) is 11.5 Å². The third-order valence-electron chi connectivity index (χ3n) is 8.95. The maximum absolute atomic E-state index is 13.3. The van der Waals surface area contributed by atoms with Gasteiger partial charge in [-0.15, -0.1) is 0 Å². The van der Waals surface area contributed by atoms with Crippen LogP contribution in [-0.4, -0.2) is 115 Å². The van der Waals surface area contributed by atoms with Crippen molar-refractivity contribution in [1.82, 2.24) is 9.80 Å². The second-order valence-electron chi connectivity index (χ2n) is 13.1. The van der Waals surface area contributed by atoms with Crippen LogP contribution in [0, 0.1) is 23.2 Å². The highest BCUT2D eigenvalue weighted by molar-refractivity contribution is 5.88. The molecule has 12 nitrogen and oxygen atoms in total. The largest absolute Gasteiger partial charge is 0.493 e. The van der Waals surface area contributed by atoms with Crippen molar-refractivity contribution >= 4 is 17.8 Å². The van der Waals surface area contributed by atoms with E-state index in [-0.39, 0.29) is 11.8 Å². The number of benzene rings is 1. The van der Waals surface area contributed by atoms with Crippen LogP contribution in [0.2, 0.25) is 0 Å². The Balaban J connectivity index is 2.04. The van der Waals surface area contributed by atoms with Crippen LogP contribution in [0.1, 0.15) is 58.9 Å². The molecule has 5 N–H and O–H groups in total. The minimum Gasteiger partial charge on any atom is -0.493 e. The number of aliphatic hydroxyl groups excluding tert-OH is 1. The zero-order valence-corrected chi connectivity index (χ0v) is 27.9. The summed E-state index contributed by atoms with van der Waals surface area (Å²) in [6.45, 7) is 9.19. The molecule has 45 heavy (non-hydrogen) atoms. The number of aliphatic carboxylic acids is 2. The lowest BCUT2D eigenvalue weighted by molar-refractivity contribution is -0.156. The van der Waals surface area contributed by atoms with Gasteiger partial charge in [-0.25, -0.2) is 0 Å². The average molecular weight is 638 g/mol. The molecule has 0 radical (unpaired) electrons. The Labute approximate surface area is 267 Å². The number of hydrogen-bond acceptors (Lipinski definition) is 9. The van der Waals surface area contributed by atoms with Gasteiger partial charge in [-0.1, -0.05) is 33.8 Å². The Kier molecular flexibility index (Phi) is 15.5. The smallest absolute Gasteiger partial charge is 0.323 e. The van der Waals surface area contributed by atoms with Gasteiger partial charge >= 0.3 is 11.9 Å². The molecule has 0 unspecified atom stereocenters. The maximum atomic E-state index is 13.3. The van der Waals surface area contributed by atoms with Crippen LogP contribution in [0.15, 0.2) is 18.2 Å². The van der Waals surface area contributed by atoms with E-state index in [0.29, 0.717) is 50.1 Å². The molecular formula is C33H55N3O9. The molecule has 4 atom stereocenters. The Morgan fingerprint density at radius 2 is 1.76 bits per heavy atom. The number of piperidine rings is 1. The van der Waals surface area contributed by atoms with Gasteiger partial charge in [0.25, 0.3) is 0 Å². The van der Waals surface area contributed by atoms with E-state index in [1.165, 1.54) is 0 Å². The highest BCUT2D eigenvalue weighted by Gasteiger charge is 2.42. The Morgan fingerprint density at radius 3 is 2.33 bits per heavy atom. The van der Waals surface area contributed by atoms with Crippen molar-refractivity contribution in [2.45, 2.75) is 71.9 Å². The van der Waals surface area contributed by atoms with Gasteiger partial charge in [0.2, 0.25) is 5.91 Å². The van der Waals surface area contributed by atoms with Crippen molar-refractivity contribution in [3.8, 4) is 11.5 Å². The fraction of sp³-hybridized carbons (Fsp3) is 0.727. The molecule has 1 aliphatic heterocycles. The number of nitrogens with zero attached hydrogens (tertiary/aromatic N) is 2. The first-order chi connectivity index (χ1) is 21.2. The number of methoxy groups -OCH3 is 2. The van der Waals surface area contributed by atoms with Crippen molar-refractivity contribution in [3.05, 3.63) is 23.8 Å². The van der Waals surface area contributed by atoms with E-state index < -0.39 is 48.5 Å². The zero-order chi connectivity index (χ0) is 33.7. The standard InChI is InChI=1S/C33H55N3O9/c1-22(2)24(15-23-10-11-28(44-6)29(16-23)45-14-8-13-43-5)17-26(34)27(37)19-35-12-7-9-25(18-35)33(3,4)32(42)36(20-30(38)39)21-31(40)41/h10-11,16,22,24-27,37H,7-9,12-15,17-21,34H2,1-6H3,(H,38,39)(H,40,41)/t24-,25-,26-,27-/m0/s1. The molecule has 1 aromatic carbocycles. The summed E-state index contributed by atoms with van der Waals surface area (Å²) in [5, 5.41) is 29.6. The van der Waals surface area contributed by atoms with Gasteiger partial charge in [-0.05, 0) is 67.7 Å². The van der Waals surface area contributed by atoms with Gasteiger partial charge in [-0.2, -0.15) is 0 Å². The monoisotopic (exact) mass is 637 g/mol. The lowest BCUT2D eigenvalue weighted by Gasteiger charge is -2.43. The van der Waals surface area contributed by atoms with E-state index in [0.717, 1.165) is 42.7 Å². The minimum atomic E-state index is -1.26. The highest BCUT2D eigenvalue weighted by atomic mass is 16.5. The Hall–Kier alpha value is -2.93. The van der Waals surface area contributed by atoms with Gasteiger partial charge in [0.05, 0.1) is 19.8 Å². The van der Waals surface area contributed by atoms with Crippen LogP contribution < -0.4 is 15.2 Å². The van der Waals surface area contributed by atoms with E-state index in [9.17, 15) is 29.7 Å². The number of carbonyl (C=O) groups is 3. The molecule has 0 spiro atoms. The van der Waals surface area contributed by atoms with E-state index >= 15 is 0 Å². The summed E-state index contributed by atoms with van der Waals surface area (Å²) in [7, 11) is 3.28. The van der Waals surface area contributed by atoms with Crippen LogP contribution in [0.25, 0.3) is 0 Å². The van der Waals surface area contributed by atoms with Gasteiger partial charge in [-0.3, -0.25) is 14.4 Å². The van der Waals surface area contributed by atoms with E-state index in [2.05, 4.69) is 18.7 Å².